The van der Waals surface area contributed by atoms with Crippen LogP contribution in [0.4, 0.5) is 5.69 Å². The van der Waals surface area contributed by atoms with Crippen molar-refractivity contribution in [2.75, 3.05) is 5.32 Å². The number of amides is 1. The second-order valence-electron chi connectivity index (χ2n) is 7.27. The van der Waals surface area contributed by atoms with E-state index in [9.17, 15) is 9.59 Å². The number of ether oxygens (including phenoxy) is 1. The molecule has 2 aromatic rings. The van der Waals surface area contributed by atoms with Gasteiger partial charge in [-0.15, -0.1) is 11.8 Å². The van der Waals surface area contributed by atoms with Crippen LogP contribution in [0.25, 0.3) is 0 Å². The molecule has 2 aliphatic carbocycles. The highest BCUT2D eigenvalue weighted by Gasteiger charge is 2.68. The van der Waals surface area contributed by atoms with Gasteiger partial charge in [0.2, 0.25) is 5.91 Å². The summed E-state index contributed by atoms with van der Waals surface area (Å²) >= 11 is 1.75. The lowest BCUT2D eigenvalue weighted by Crippen LogP contribution is -2.41. The van der Waals surface area contributed by atoms with Crippen molar-refractivity contribution in [3.63, 3.8) is 0 Å². The minimum Gasteiger partial charge on any atom is -0.461 e. The summed E-state index contributed by atoms with van der Waals surface area (Å²) in [5.74, 6) is -0.457. The molecule has 0 radical (unpaired) electrons. The Kier molecular flexibility index (Phi) is 3.78. The average Bonchev–Trinajstić information content (AvgIpc) is 3.27. The molecule has 1 amide bonds. The van der Waals surface area contributed by atoms with Crippen molar-refractivity contribution in [2.24, 2.45) is 23.7 Å². The molecule has 1 heterocycles. The quantitative estimate of drug-likeness (QED) is 0.842. The van der Waals surface area contributed by atoms with Gasteiger partial charge in [-0.25, -0.2) is 0 Å². The van der Waals surface area contributed by atoms with Crippen molar-refractivity contribution in [1.82, 2.24) is 0 Å². The first-order valence-corrected chi connectivity index (χ1v) is 9.88. The Labute approximate surface area is 156 Å². The lowest BCUT2D eigenvalue weighted by molar-refractivity contribution is -0.145. The maximum atomic E-state index is 13.0. The van der Waals surface area contributed by atoms with Gasteiger partial charge in [-0.3, -0.25) is 9.59 Å². The molecule has 3 fully saturated rings. The monoisotopic (exact) mass is 365 g/mol. The van der Waals surface area contributed by atoms with E-state index in [1.807, 2.05) is 48.5 Å². The van der Waals surface area contributed by atoms with E-state index in [0.717, 1.165) is 17.0 Å². The first-order valence-electron chi connectivity index (χ1n) is 9.00. The molecule has 4 nitrogen and oxygen atoms in total. The lowest BCUT2D eigenvalue weighted by Gasteiger charge is -2.30. The Morgan fingerprint density at radius 2 is 1.69 bits per heavy atom. The number of fused-ring (bicyclic) bond motifs is 1. The lowest BCUT2D eigenvalue weighted by atomic mass is 9.79. The molecular formula is C21H19NO3S. The van der Waals surface area contributed by atoms with Gasteiger partial charge in [0.1, 0.15) is 6.10 Å². The van der Waals surface area contributed by atoms with Crippen molar-refractivity contribution >= 4 is 29.3 Å². The molecule has 6 atom stereocenters. The number of para-hydroxylation sites is 1. The number of carbonyl (C=O) groups is 2. The molecule has 2 saturated carbocycles. The molecule has 132 valence electrons. The van der Waals surface area contributed by atoms with E-state index in [1.54, 1.807) is 11.8 Å². The predicted molar refractivity (Wildman–Crippen MR) is 99.6 cm³/mol. The summed E-state index contributed by atoms with van der Waals surface area (Å²) in [6, 6.07) is 19.6. The van der Waals surface area contributed by atoms with Crippen molar-refractivity contribution in [2.45, 2.75) is 22.7 Å². The van der Waals surface area contributed by atoms with E-state index in [0.29, 0.717) is 0 Å². The summed E-state index contributed by atoms with van der Waals surface area (Å²) < 4.78 is 5.71. The number of esters is 1. The molecule has 2 bridgehead atoms. The van der Waals surface area contributed by atoms with Crippen LogP contribution in [-0.4, -0.2) is 23.2 Å². The molecule has 1 saturated heterocycles. The fraction of sp³-hybridized carbons (Fsp3) is 0.333. The van der Waals surface area contributed by atoms with Gasteiger partial charge in [0.15, 0.2) is 0 Å². The predicted octanol–water partition coefficient (Wildman–Crippen LogP) is 3.59. The fourth-order valence-electron chi connectivity index (χ4n) is 4.91. The number of rotatable bonds is 4. The van der Waals surface area contributed by atoms with Crippen LogP contribution < -0.4 is 5.32 Å². The third kappa shape index (κ3) is 2.45. The number of anilines is 1. The van der Waals surface area contributed by atoms with Gasteiger partial charge in [-0.1, -0.05) is 36.4 Å². The number of nitrogens with one attached hydrogen (secondary N) is 1. The third-order valence-electron chi connectivity index (χ3n) is 5.91. The zero-order valence-electron chi connectivity index (χ0n) is 14.1. The Bertz CT molecular complexity index is 841. The maximum Gasteiger partial charge on any atom is 0.310 e. The Balaban J connectivity index is 1.41. The number of thioether (sulfide) groups is 1. The highest BCUT2D eigenvalue weighted by Crippen LogP contribution is 2.61. The van der Waals surface area contributed by atoms with Gasteiger partial charge in [0.05, 0.1) is 17.1 Å². The van der Waals surface area contributed by atoms with Gasteiger partial charge in [-0.05, 0) is 36.6 Å². The molecule has 26 heavy (non-hydrogen) atoms. The summed E-state index contributed by atoms with van der Waals surface area (Å²) in [7, 11) is 0. The largest absolute Gasteiger partial charge is 0.461 e. The zero-order valence-corrected chi connectivity index (χ0v) is 14.9. The highest BCUT2D eigenvalue weighted by molar-refractivity contribution is 8.00. The van der Waals surface area contributed by atoms with Gasteiger partial charge >= 0.3 is 5.97 Å². The first-order chi connectivity index (χ1) is 12.7. The van der Waals surface area contributed by atoms with Crippen LogP contribution in [0.15, 0.2) is 65.6 Å². The second-order valence-corrected chi connectivity index (χ2v) is 8.52. The molecule has 5 rings (SSSR count). The Hall–Kier alpha value is -2.27. The van der Waals surface area contributed by atoms with Crippen LogP contribution >= 0.6 is 11.8 Å². The van der Waals surface area contributed by atoms with Gasteiger partial charge in [0, 0.05) is 16.5 Å². The maximum absolute atomic E-state index is 13.0. The molecule has 5 heteroatoms. The van der Waals surface area contributed by atoms with Crippen LogP contribution in [0.1, 0.15) is 6.42 Å². The Morgan fingerprint density at radius 1 is 1.00 bits per heavy atom. The minimum atomic E-state index is -0.298. The van der Waals surface area contributed by atoms with Gasteiger partial charge < -0.3 is 10.1 Å². The molecular weight excluding hydrogens is 346 g/mol. The van der Waals surface area contributed by atoms with Crippen LogP contribution in [0.5, 0.6) is 0 Å². The number of carbonyl (C=O) groups excluding carboxylic acids is 2. The SMILES string of the molecule is O=C1O[C@@H]2[C@H]3C[C@@H]([C@@H]2Sc2ccccc2)[C@H](C(=O)Nc2ccccc2)[C@H]13. The van der Waals surface area contributed by atoms with Crippen LogP contribution in [0.3, 0.4) is 0 Å². The normalized spacial score (nSPS) is 33.9. The second kappa shape index (κ2) is 6.16. The summed E-state index contributed by atoms with van der Waals surface area (Å²) in [6.07, 6.45) is 0.849. The molecule has 0 spiro atoms. The van der Waals surface area contributed by atoms with E-state index in [1.165, 1.54) is 0 Å². The van der Waals surface area contributed by atoms with Gasteiger partial charge in [0.25, 0.3) is 0 Å². The summed E-state index contributed by atoms with van der Waals surface area (Å²) in [5, 5.41) is 3.15. The van der Waals surface area contributed by atoms with E-state index in [2.05, 4.69) is 17.4 Å². The summed E-state index contributed by atoms with van der Waals surface area (Å²) in [6.45, 7) is 0. The molecule has 1 N–H and O–H groups in total. The van der Waals surface area contributed by atoms with Crippen molar-refractivity contribution < 1.29 is 14.3 Å². The standard InChI is InChI=1S/C21H19NO3S/c23-20(22-12-7-3-1-4-8-12)16-15-11-14-17(16)21(24)25-18(14)19(15)26-13-9-5-2-6-10-13/h1-10,14-19H,11H2,(H,22,23)/t14-,15+,16-,17+,18+,19-/m0/s1. The van der Waals surface area contributed by atoms with E-state index >= 15 is 0 Å². The number of hydrogen-bond donors (Lipinski definition) is 1. The Morgan fingerprint density at radius 3 is 2.42 bits per heavy atom. The smallest absolute Gasteiger partial charge is 0.310 e. The zero-order chi connectivity index (χ0) is 17.7. The summed E-state index contributed by atoms with van der Waals surface area (Å²) in [4.78, 5) is 26.6. The van der Waals surface area contributed by atoms with E-state index < -0.39 is 0 Å². The van der Waals surface area contributed by atoms with Gasteiger partial charge in [-0.2, -0.15) is 0 Å². The van der Waals surface area contributed by atoms with E-state index in [4.69, 9.17) is 4.74 Å². The minimum absolute atomic E-state index is 0.0512. The molecule has 1 aliphatic heterocycles. The molecule has 2 aromatic carbocycles. The topological polar surface area (TPSA) is 55.4 Å². The van der Waals surface area contributed by atoms with Crippen molar-refractivity contribution in [3.05, 3.63) is 60.7 Å². The molecule has 0 unspecified atom stereocenters. The van der Waals surface area contributed by atoms with Crippen molar-refractivity contribution in [3.8, 4) is 0 Å². The fourth-order valence-corrected chi connectivity index (χ4v) is 6.38. The summed E-state index contributed by atoms with van der Waals surface area (Å²) in [5.41, 5.74) is 0.774. The molecule has 0 aromatic heterocycles. The van der Waals surface area contributed by atoms with Crippen molar-refractivity contribution in [1.29, 1.82) is 0 Å². The average molecular weight is 365 g/mol. The number of hydrogen-bond acceptors (Lipinski definition) is 4. The van der Waals surface area contributed by atoms with E-state index in [-0.39, 0.29) is 46.9 Å². The van der Waals surface area contributed by atoms with Crippen LogP contribution in [0, 0.1) is 23.7 Å². The third-order valence-corrected chi connectivity index (χ3v) is 7.34. The molecule has 3 aliphatic rings. The first kappa shape index (κ1) is 15.9. The number of benzene rings is 2. The van der Waals surface area contributed by atoms with Crippen LogP contribution in [-0.2, 0) is 14.3 Å². The van der Waals surface area contributed by atoms with Crippen LogP contribution in [0.2, 0.25) is 0 Å². The highest BCUT2D eigenvalue weighted by atomic mass is 32.2.